The SMILES string of the molecule is C.C.CC(C(=O)O)C(O)c1ccccc1.CC(c1ccccc1)C(O)C(=O)O.O=C([O-])/C=C/c1ccccc1.[Na+]. The average molecular weight is 563 g/mol. The molecule has 3 rings (SSSR count). The Morgan fingerprint density at radius 2 is 1.10 bits per heavy atom. The first-order valence-electron chi connectivity index (χ1n) is 11.4. The molecule has 0 bridgehead atoms. The fraction of sp³-hybridized carbons (Fsp3) is 0.258. The molecule has 212 valence electrons. The monoisotopic (exact) mass is 562 g/mol. The van der Waals surface area contributed by atoms with Crippen molar-refractivity contribution < 1.29 is 69.5 Å². The Hall–Kier alpha value is -3.27. The number of hydrogen-bond acceptors (Lipinski definition) is 6. The molecule has 0 spiro atoms. The fourth-order valence-corrected chi connectivity index (χ4v) is 2.96. The third-order valence-electron chi connectivity index (χ3n) is 5.27. The number of rotatable bonds is 8. The molecule has 40 heavy (non-hydrogen) atoms. The Balaban J connectivity index is -0.000000497. The van der Waals surface area contributed by atoms with Crippen LogP contribution in [-0.2, 0) is 14.4 Å². The zero-order chi connectivity index (χ0) is 27.8. The van der Waals surface area contributed by atoms with Crippen LogP contribution < -0.4 is 34.7 Å². The van der Waals surface area contributed by atoms with E-state index in [-0.39, 0.29) is 50.3 Å². The molecule has 0 saturated carbocycles. The molecule has 0 saturated heterocycles. The van der Waals surface area contributed by atoms with Crippen LogP contribution in [0.3, 0.4) is 0 Å². The van der Waals surface area contributed by atoms with E-state index in [4.69, 9.17) is 10.2 Å². The van der Waals surface area contributed by atoms with E-state index in [2.05, 4.69) is 0 Å². The first-order chi connectivity index (χ1) is 17.5. The summed E-state index contributed by atoms with van der Waals surface area (Å²) < 4.78 is 0. The van der Waals surface area contributed by atoms with Crippen molar-refractivity contribution in [3.05, 3.63) is 114 Å². The molecule has 0 amide bonds. The molecule has 0 aliphatic heterocycles. The Bertz CT molecular complexity index is 1060. The second-order valence-corrected chi connectivity index (χ2v) is 8.03. The van der Waals surface area contributed by atoms with Gasteiger partial charge in [0.2, 0.25) is 0 Å². The number of aliphatic hydroxyl groups excluding tert-OH is 2. The number of carboxylic acids is 3. The van der Waals surface area contributed by atoms with Crippen molar-refractivity contribution in [1.29, 1.82) is 0 Å². The van der Waals surface area contributed by atoms with E-state index in [1.54, 1.807) is 43.3 Å². The van der Waals surface area contributed by atoms with Gasteiger partial charge in [-0.2, -0.15) is 0 Å². The normalized spacial score (nSPS) is 12.5. The Morgan fingerprint density at radius 3 is 1.48 bits per heavy atom. The third-order valence-corrected chi connectivity index (χ3v) is 5.27. The Morgan fingerprint density at radius 1 is 0.700 bits per heavy atom. The fourth-order valence-electron chi connectivity index (χ4n) is 2.96. The average Bonchev–Trinajstić information content (AvgIpc) is 2.92. The van der Waals surface area contributed by atoms with Gasteiger partial charge in [-0.3, -0.25) is 4.79 Å². The number of benzene rings is 3. The summed E-state index contributed by atoms with van der Waals surface area (Å²) in [6.07, 6.45) is 0.242. The van der Waals surface area contributed by atoms with Gasteiger partial charge in [-0.15, -0.1) is 0 Å². The number of carboxylic acid groups (broad SMARTS) is 3. The van der Waals surface area contributed by atoms with Gasteiger partial charge in [0, 0.05) is 5.92 Å². The molecule has 0 radical (unpaired) electrons. The summed E-state index contributed by atoms with van der Waals surface area (Å²) in [5.41, 5.74) is 2.33. The number of carbonyl (C=O) groups is 3. The second-order valence-electron chi connectivity index (χ2n) is 8.03. The van der Waals surface area contributed by atoms with Gasteiger partial charge in [-0.05, 0) is 29.7 Å². The van der Waals surface area contributed by atoms with E-state index in [0.717, 1.165) is 17.2 Å². The summed E-state index contributed by atoms with van der Waals surface area (Å²) >= 11 is 0. The molecule has 3 aromatic carbocycles. The van der Waals surface area contributed by atoms with Crippen LogP contribution in [0.25, 0.3) is 6.08 Å². The number of carbonyl (C=O) groups excluding carboxylic acids is 1. The molecule has 4 unspecified atom stereocenters. The number of hydrogen-bond donors (Lipinski definition) is 4. The van der Waals surface area contributed by atoms with Crippen molar-refractivity contribution in [2.75, 3.05) is 0 Å². The molecule has 9 heteroatoms. The third kappa shape index (κ3) is 16.0. The first-order valence-corrected chi connectivity index (χ1v) is 11.4. The Labute approximate surface area is 258 Å². The Kier molecular flexibility index (Phi) is 23.2. The molecule has 4 atom stereocenters. The van der Waals surface area contributed by atoms with Crippen molar-refractivity contribution in [2.45, 2.75) is 46.8 Å². The molecule has 0 fully saturated rings. The van der Waals surface area contributed by atoms with Crippen molar-refractivity contribution in [1.82, 2.24) is 0 Å². The standard InChI is InChI=1S/2C10H12O3.C9H8O2.2CH4.Na/c1-7(10(12)13)9(11)8-5-3-2-4-6-8;1-7(9(11)10(12)13)8-5-3-2-4-6-8;10-9(11)7-6-8-4-2-1-3-5-8;;;/h2*2-7,9,11H,1H3,(H,12,13);1-7H,(H,10,11);2*1H4;/q;;;;;+1/p-1/b;;7-6+;;;. The van der Waals surface area contributed by atoms with E-state index in [0.29, 0.717) is 5.56 Å². The van der Waals surface area contributed by atoms with Crippen LogP contribution in [0.5, 0.6) is 0 Å². The van der Waals surface area contributed by atoms with Crippen molar-refractivity contribution in [3.63, 3.8) is 0 Å². The maximum absolute atomic E-state index is 10.6. The minimum atomic E-state index is -1.33. The molecule has 0 aromatic heterocycles. The van der Waals surface area contributed by atoms with E-state index in [9.17, 15) is 29.7 Å². The van der Waals surface area contributed by atoms with Gasteiger partial charge in [0.15, 0.2) is 6.10 Å². The first kappa shape index (κ1) is 41.2. The van der Waals surface area contributed by atoms with Crippen LogP contribution in [-0.4, -0.2) is 44.4 Å². The maximum atomic E-state index is 10.6. The quantitative estimate of drug-likeness (QED) is 0.237. The van der Waals surface area contributed by atoms with Gasteiger partial charge in [0.25, 0.3) is 0 Å². The molecule has 0 heterocycles. The summed E-state index contributed by atoms with van der Waals surface area (Å²) in [7, 11) is 0. The number of aliphatic carboxylic acids is 3. The van der Waals surface area contributed by atoms with Crippen LogP contribution in [0, 0.1) is 5.92 Å². The maximum Gasteiger partial charge on any atom is 1.00 e. The predicted molar refractivity (Wildman–Crippen MR) is 151 cm³/mol. The molecule has 0 aliphatic carbocycles. The number of aliphatic hydroxyl groups is 2. The predicted octanol–water partition coefficient (Wildman–Crippen LogP) is 1.40. The molecule has 4 N–H and O–H groups in total. The zero-order valence-electron chi connectivity index (χ0n) is 21.5. The van der Waals surface area contributed by atoms with Gasteiger partial charge >= 0.3 is 41.5 Å². The van der Waals surface area contributed by atoms with Gasteiger partial charge in [0.05, 0.1) is 18.0 Å². The summed E-state index contributed by atoms with van der Waals surface area (Å²) in [6, 6.07) is 27.1. The van der Waals surface area contributed by atoms with Gasteiger partial charge in [0.1, 0.15) is 0 Å². The topological polar surface area (TPSA) is 155 Å². The molecule has 8 nitrogen and oxygen atoms in total. The largest absolute Gasteiger partial charge is 1.00 e. The molecule has 3 aromatic rings. The van der Waals surface area contributed by atoms with Crippen molar-refractivity contribution in [3.8, 4) is 0 Å². The zero-order valence-corrected chi connectivity index (χ0v) is 23.5. The smallest absolute Gasteiger partial charge is 0.545 e. The van der Waals surface area contributed by atoms with Crippen LogP contribution in [0.15, 0.2) is 97.1 Å². The van der Waals surface area contributed by atoms with Crippen LogP contribution >= 0.6 is 0 Å². The van der Waals surface area contributed by atoms with E-state index in [1.807, 2.05) is 54.6 Å². The van der Waals surface area contributed by atoms with Crippen molar-refractivity contribution >= 4 is 24.0 Å². The minimum Gasteiger partial charge on any atom is -0.545 e. The summed E-state index contributed by atoms with van der Waals surface area (Å²) in [5, 5.41) is 46.0. The van der Waals surface area contributed by atoms with E-state index in [1.165, 1.54) is 13.0 Å². The van der Waals surface area contributed by atoms with Gasteiger partial charge < -0.3 is 30.3 Å². The molecule has 0 aliphatic rings. The second kappa shape index (κ2) is 22.5. The summed E-state index contributed by atoms with van der Waals surface area (Å²) in [4.78, 5) is 31.0. The van der Waals surface area contributed by atoms with Crippen LogP contribution in [0.4, 0.5) is 0 Å². The van der Waals surface area contributed by atoms with Gasteiger partial charge in [-0.1, -0.05) is 119 Å². The van der Waals surface area contributed by atoms with Crippen LogP contribution in [0.1, 0.15) is 57.4 Å². The van der Waals surface area contributed by atoms with E-state index < -0.39 is 36.0 Å². The van der Waals surface area contributed by atoms with Gasteiger partial charge in [-0.25, -0.2) is 4.79 Å². The summed E-state index contributed by atoms with van der Waals surface area (Å²) in [6.45, 7) is 3.17. The van der Waals surface area contributed by atoms with Crippen LogP contribution in [0.2, 0.25) is 0 Å². The summed E-state index contributed by atoms with van der Waals surface area (Å²) in [5.74, 6) is -4.50. The minimum absolute atomic E-state index is 0. The molecular formula is C31H39NaO8. The van der Waals surface area contributed by atoms with Crippen molar-refractivity contribution in [2.24, 2.45) is 5.92 Å². The van der Waals surface area contributed by atoms with E-state index >= 15 is 0 Å². The molecular weight excluding hydrogens is 523 g/mol.